The summed E-state index contributed by atoms with van der Waals surface area (Å²) in [5.74, 6) is 0.805. The Morgan fingerprint density at radius 1 is 1.04 bits per heavy atom. The topological polar surface area (TPSA) is 12.2 Å². The molecule has 2 nitrogen and oxygen atoms in total. The third kappa shape index (κ3) is 4.97. The maximum Gasteiger partial charge on any atom is 0.183 e. The minimum Gasteiger partial charge on any atom is -0.497 e. The number of hydrogen-bond donors (Lipinski definition) is 0. The molecule has 0 aromatic heterocycles. The molecular weight excluding hydrogens is 337 g/mol. The molecule has 0 atom stereocenters. The summed E-state index contributed by atoms with van der Waals surface area (Å²) >= 11 is 0. The predicted octanol–water partition coefficient (Wildman–Crippen LogP) is 5.75. The lowest BCUT2D eigenvalue weighted by Gasteiger charge is -2.20. The van der Waals surface area contributed by atoms with E-state index in [-0.39, 0.29) is 5.82 Å². The number of benzene rings is 2. The third-order valence-electron chi connectivity index (χ3n) is 5.49. The van der Waals surface area contributed by atoms with Gasteiger partial charge in [0.25, 0.3) is 0 Å². The molecule has 2 aromatic carbocycles. The molecule has 0 bridgehead atoms. The Balaban J connectivity index is 1.87. The highest BCUT2D eigenvalue weighted by Gasteiger charge is 2.26. The fraction of sp³-hybridized carbons (Fsp3) is 0.458. The summed E-state index contributed by atoms with van der Waals surface area (Å²) in [6, 6.07) is 13.5. The van der Waals surface area contributed by atoms with Crippen molar-refractivity contribution < 1.29 is 13.7 Å². The number of fused-ring (bicyclic) bond motifs is 1. The van der Waals surface area contributed by atoms with Crippen LogP contribution in [-0.2, 0) is 13.0 Å². The van der Waals surface area contributed by atoms with Crippen LogP contribution in [0.4, 0.5) is 4.39 Å². The molecule has 3 rings (SSSR count). The number of ether oxygens (including phenoxy) is 1. The Hall–Kier alpha value is -2.16. The molecule has 0 amide bonds. The normalized spacial score (nSPS) is 13.6. The molecule has 27 heavy (non-hydrogen) atoms. The lowest BCUT2D eigenvalue weighted by Crippen LogP contribution is -2.30. The van der Waals surface area contributed by atoms with Crippen LogP contribution in [0, 0.1) is 5.82 Å². The first-order chi connectivity index (χ1) is 13.2. The van der Waals surface area contributed by atoms with Crippen LogP contribution in [0.25, 0.3) is 0 Å². The minimum atomic E-state index is -0.111. The molecule has 144 valence electrons. The van der Waals surface area contributed by atoms with E-state index < -0.39 is 0 Å². The molecule has 2 aromatic rings. The molecular formula is C24H31FNO+. The van der Waals surface area contributed by atoms with Gasteiger partial charge in [-0.15, -0.1) is 0 Å². The van der Waals surface area contributed by atoms with Crippen LogP contribution in [-0.4, -0.2) is 23.9 Å². The van der Waals surface area contributed by atoms with Crippen LogP contribution in [0.15, 0.2) is 42.5 Å². The van der Waals surface area contributed by atoms with Crippen molar-refractivity contribution in [3.8, 4) is 5.75 Å². The van der Waals surface area contributed by atoms with Gasteiger partial charge in [-0.25, -0.2) is 8.97 Å². The Kier molecular flexibility index (Phi) is 7.03. The lowest BCUT2D eigenvalue weighted by molar-refractivity contribution is -0.546. The van der Waals surface area contributed by atoms with Crippen LogP contribution in [0.1, 0.15) is 62.1 Å². The zero-order valence-corrected chi connectivity index (χ0v) is 16.6. The van der Waals surface area contributed by atoms with Gasteiger partial charge in [-0.3, -0.25) is 0 Å². The molecule has 1 aliphatic heterocycles. The molecule has 0 saturated carbocycles. The number of methoxy groups -OCH3 is 1. The molecule has 0 unspecified atom stereocenters. The fourth-order valence-corrected chi connectivity index (χ4v) is 3.94. The van der Waals surface area contributed by atoms with Gasteiger partial charge in [-0.1, -0.05) is 44.7 Å². The standard InChI is InChI=1S/C24H31FNO/c1-3-4-5-6-7-12-24-22-14-13-21(27-2)17-19(22)15-16-26(24)18-20-10-8-9-11-23(20)25/h8-11,13-14,17H,3-7,12,15-16,18H2,1-2H3/q+1. The van der Waals surface area contributed by atoms with Gasteiger partial charge in [0.05, 0.1) is 12.7 Å². The van der Waals surface area contributed by atoms with E-state index in [1.54, 1.807) is 19.2 Å². The molecule has 3 heteroatoms. The van der Waals surface area contributed by atoms with Crippen LogP contribution in [0.2, 0.25) is 0 Å². The monoisotopic (exact) mass is 368 g/mol. The van der Waals surface area contributed by atoms with E-state index in [9.17, 15) is 4.39 Å². The van der Waals surface area contributed by atoms with E-state index in [1.807, 2.05) is 18.2 Å². The van der Waals surface area contributed by atoms with Gasteiger partial charge < -0.3 is 4.74 Å². The van der Waals surface area contributed by atoms with Crippen molar-refractivity contribution in [1.29, 1.82) is 0 Å². The van der Waals surface area contributed by atoms with Gasteiger partial charge in [0, 0.05) is 18.4 Å². The van der Waals surface area contributed by atoms with Gasteiger partial charge in [-0.05, 0) is 42.3 Å². The number of rotatable bonds is 9. The molecule has 0 radical (unpaired) electrons. The first-order valence-electron chi connectivity index (χ1n) is 10.2. The molecule has 0 spiro atoms. The Bertz CT molecular complexity index is 797. The zero-order valence-electron chi connectivity index (χ0n) is 16.6. The van der Waals surface area contributed by atoms with E-state index >= 15 is 0 Å². The third-order valence-corrected chi connectivity index (χ3v) is 5.49. The number of unbranched alkanes of at least 4 members (excludes halogenated alkanes) is 4. The highest BCUT2D eigenvalue weighted by molar-refractivity contribution is 5.98. The summed E-state index contributed by atoms with van der Waals surface area (Å²) in [5.41, 5.74) is 4.80. The SMILES string of the molecule is CCCCCCCC1=[N+](Cc2ccccc2F)CCc2cc(OC)ccc21. The molecule has 1 heterocycles. The van der Waals surface area contributed by atoms with Gasteiger partial charge >= 0.3 is 0 Å². The summed E-state index contributed by atoms with van der Waals surface area (Å²) in [7, 11) is 1.72. The number of halogens is 1. The summed E-state index contributed by atoms with van der Waals surface area (Å²) in [6.07, 6.45) is 8.34. The van der Waals surface area contributed by atoms with Crippen molar-refractivity contribution in [3.63, 3.8) is 0 Å². The fourth-order valence-electron chi connectivity index (χ4n) is 3.94. The molecule has 1 aliphatic rings. The van der Waals surface area contributed by atoms with Crippen molar-refractivity contribution in [1.82, 2.24) is 0 Å². The Morgan fingerprint density at radius 3 is 2.63 bits per heavy atom. The van der Waals surface area contributed by atoms with E-state index in [0.29, 0.717) is 6.54 Å². The molecule has 0 N–H and O–H groups in total. The van der Waals surface area contributed by atoms with Gasteiger partial charge in [0.1, 0.15) is 18.1 Å². The maximum atomic E-state index is 14.2. The van der Waals surface area contributed by atoms with E-state index in [4.69, 9.17) is 4.74 Å². The highest BCUT2D eigenvalue weighted by atomic mass is 19.1. The smallest absolute Gasteiger partial charge is 0.183 e. The van der Waals surface area contributed by atoms with Crippen molar-refractivity contribution in [2.75, 3.05) is 13.7 Å². The minimum absolute atomic E-state index is 0.111. The van der Waals surface area contributed by atoms with Crippen LogP contribution >= 0.6 is 0 Å². The van der Waals surface area contributed by atoms with E-state index in [2.05, 4.69) is 23.6 Å². The quantitative estimate of drug-likeness (QED) is 0.405. The Labute approximate surface area is 162 Å². The van der Waals surface area contributed by atoms with Crippen molar-refractivity contribution in [3.05, 3.63) is 65.0 Å². The van der Waals surface area contributed by atoms with Crippen LogP contribution < -0.4 is 4.74 Å². The van der Waals surface area contributed by atoms with Gasteiger partial charge in [0.2, 0.25) is 0 Å². The van der Waals surface area contributed by atoms with E-state index in [0.717, 1.165) is 30.7 Å². The molecule has 0 saturated heterocycles. The lowest BCUT2D eigenvalue weighted by atomic mass is 9.92. The van der Waals surface area contributed by atoms with Crippen LogP contribution in [0.5, 0.6) is 5.75 Å². The number of hydrogen-bond acceptors (Lipinski definition) is 1. The van der Waals surface area contributed by atoms with Crippen molar-refractivity contribution in [2.24, 2.45) is 0 Å². The second-order valence-electron chi connectivity index (χ2n) is 7.40. The van der Waals surface area contributed by atoms with Gasteiger partial charge in [0.15, 0.2) is 12.3 Å². The summed E-state index contributed by atoms with van der Waals surface area (Å²) in [4.78, 5) is 0. The second kappa shape index (κ2) is 9.68. The maximum absolute atomic E-state index is 14.2. The van der Waals surface area contributed by atoms with Gasteiger partial charge in [-0.2, -0.15) is 0 Å². The predicted molar refractivity (Wildman–Crippen MR) is 109 cm³/mol. The average Bonchev–Trinajstić information content (AvgIpc) is 2.70. The second-order valence-corrected chi connectivity index (χ2v) is 7.40. The zero-order chi connectivity index (χ0) is 19.1. The Morgan fingerprint density at radius 2 is 1.85 bits per heavy atom. The first-order valence-corrected chi connectivity index (χ1v) is 10.2. The van der Waals surface area contributed by atoms with Crippen molar-refractivity contribution in [2.45, 2.75) is 58.4 Å². The van der Waals surface area contributed by atoms with E-state index in [1.165, 1.54) is 48.9 Å². The largest absolute Gasteiger partial charge is 0.497 e. The van der Waals surface area contributed by atoms with Crippen LogP contribution in [0.3, 0.4) is 0 Å². The summed E-state index contributed by atoms with van der Waals surface area (Å²) < 4.78 is 22.0. The highest BCUT2D eigenvalue weighted by Crippen LogP contribution is 2.25. The van der Waals surface area contributed by atoms with Crippen molar-refractivity contribution >= 4 is 5.71 Å². The molecule has 0 aliphatic carbocycles. The molecule has 0 fully saturated rings. The average molecular weight is 369 g/mol. The summed E-state index contributed by atoms with van der Waals surface area (Å²) in [5, 5.41) is 0. The first kappa shape index (κ1) is 19.6. The number of nitrogens with zero attached hydrogens (tertiary/aromatic N) is 1. The summed E-state index contributed by atoms with van der Waals surface area (Å²) in [6.45, 7) is 3.82.